The molecule has 1 aromatic rings. The number of aryl methyl sites for hydroxylation is 2. The number of hydrogen-bond donors (Lipinski definition) is 2. The van der Waals surface area contributed by atoms with Crippen LogP contribution >= 0.6 is 0 Å². The SMILES string of the molecule is Cc1ccc(C)c(NCC(O)COC2CCCC(C)C2)c1. The third-order valence-electron chi connectivity index (χ3n) is 4.33. The summed E-state index contributed by atoms with van der Waals surface area (Å²) in [7, 11) is 0. The van der Waals surface area contributed by atoms with Crippen molar-refractivity contribution in [2.75, 3.05) is 18.5 Å². The summed E-state index contributed by atoms with van der Waals surface area (Å²) in [5.74, 6) is 0.758. The van der Waals surface area contributed by atoms with Crippen molar-refractivity contribution < 1.29 is 9.84 Å². The van der Waals surface area contributed by atoms with Gasteiger partial charge in [0.05, 0.1) is 18.8 Å². The smallest absolute Gasteiger partial charge is 0.0945 e. The summed E-state index contributed by atoms with van der Waals surface area (Å²) in [6.45, 7) is 7.40. The van der Waals surface area contributed by atoms with Gasteiger partial charge in [-0.15, -0.1) is 0 Å². The molecule has 0 spiro atoms. The number of aliphatic hydroxyl groups is 1. The number of ether oxygens (including phenoxy) is 1. The highest BCUT2D eigenvalue weighted by atomic mass is 16.5. The van der Waals surface area contributed by atoms with E-state index in [1.807, 2.05) is 0 Å². The maximum absolute atomic E-state index is 10.1. The van der Waals surface area contributed by atoms with Gasteiger partial charge in [-0.05, 0) is 49.8 Å². The van der Waals surface area contributed by atoms with Crippen molar-refractivity contribution in [2.45, 2.75) is 58.7 Å². The van der Waals surface area contributed by atoms with Crippen molar-refractivity contribution in [2.24, 2.45) is 5.92 Å². The van der Waals surface area contributed by atoms with E-state index in [1.165, 1.54) is 24.0 Å². The fraction of sp³-hybridized carbons (Fsp3) is 0.667. The molecule has 0 heterocycles. The van der Waals surface area contributed by atoms with Gasteiger partial charge in [0.2, 0.25) is 0 Å². The zero-order valence-electron chi connectivity index (χ0n) is 13.6. The second-order valence-electron chi connectivity index (χ2n) is 6.58. The van der Waals surface area contributed by atoms with Crippen LogP contribution in [0.15, 0.2) is 18.2 Å². The van der Waals surface area contributed by atoms with Crippen LogP contribution in [-0.4, -0.2) is 30.5 Å². The summed E-state index contributed by atoms with van der Waals surface area (Å²) in [6, 6.07) is 6.32. The first-order chi connectivity index (χ1) is 10.0. The lowest BCUT2D eigenvalue weighted by Crippen LogP contribution is -2.30. The highest BCUT2D eigenvalue weighted by Crippen LogP contribution is 2.25. The molecule has 0 radical (unpaired) electrons. The Balaban J connectivity index is 1.72. The van der Waals surface area contributed by atoms with Crippen LogP contribution in [0, 0.1) is 19.8 Å². The molecule has 0 aliphatic heterocycles. The lowest BCUT2D eigenvalue weighted by atomic mass is 9.89. The van der Waals surface area contributed by atoms with Crippen molar-refractivity contribution in [1.29, 1.82) is 0 Å². The normalized spacial score (nSPS) is 23.8. The third-order valence-corrected chi connectivity index (χ3v) is 4.33. The van der Waals surface area contributed by atoms with Gasteiger partial charge in [-0.3, -0.25) is 0 Å². The fourth-order valence-electron chi connectivity index (χ4n) is 2.99. The number of benzene rings is 1. The summed E-state index contributed by atoms with van der Waals surface area (Å²) >= 11 is 0. The molecule has 1 aliphatic rings. The first-order valence-electron chi connectivity index (χ1n) is 8.15. The van der Waals surface area contributed by atoms with E-state index >= 15 is 0 Å². The van der Waals surface area contributed by atoms with Crippen LogP contribution in [0.4, 0.5) is 5.69 Å². The van der Waals surface area contributed by atoms with E-state index in [4.69, 9.17) is 4.74 Å². The molecule has 0 aromatic heterocycles. The average Bonchev–Trinajstić information content (AvgIpc) is 2.46. The maximum Gasteiger partial charge on any atom is 0.0945 e. The fourth-order valence-corrected chi connectivity index (χ4v) is 2.99. The number of rotatable bonds is 6. The molecule has 0 amide bonds. The van der Waals surface area contributed by atoms with E-state index in [9.17, 15) is 5.11 Å². The van der Waals surface area contributed by atoms with E-state index < -0.39 is 6.10 Å². The number of hydrogen-bond acceptors (Lipinski definition) is 3. The minimum atomic E-state index is -0.456. The van der Waals surface area contributed by atoms with E-state index in [1.54, 1.807) is 0 Å². The van der Waals surface area contributed by atoms with Gasteiger partial charge >= 0.3 is 0 Å². The molecular weight excluding hydrogens is 262 g/mol. The molecule has 2 N–H and O–H groups in total. The molecule has 3 heteroatoms. The predicted molar refractivity (Wildman–Crippen MR) is 87.8 cm³/mol. The Hall–Kier alpha value is -1.06. The highest BCUT2D eigenvalue weighted by Gasteiger charge is 2.20. The largest absolute Gasteiger partial charge is 0.389 e. The van der Waals surface area contributed by atoms with Crippen molar-refractivity contribution in [3.8, 4) is 0 Å². The lowest BCUT2D eigenvalue weighted by molar-refractivity contribution is -0.0274. The molecule has 1 aromatic carbocycles. The Morgan fingerprint density at radius 1 is 1.33 bits per heavy atom. The second-order valence-corrected chi connectivity index (χ2v) is 6.58. The number of anilines is 1. The minimum Gasteiger partial charge on any atom is -0.389 e. The van der Waals surface area contributed by atoms with E-state index in [0.29, 0.717) is 19.3 Å². The van der Waals surface area contributed by atoms with Gasteiger partial charge in [0, 0.05) is 12.2 Å². The summed E-state index contributed by atoms with van der Waals surface area (Å²) in [4.78, 5) is 0. The van der Waals surface area contributed by atoms with Crippen LogP contribution in [-0.2, 0) is 4.74 Å². The van der Waals surface area contributed by atoms with Crippen LogP contribution in [0.5, 0.6) is 0 Å². The first kappa shape index (κ1) is 16.3. The topological polar surface area (TPSA) is 41.5 Å². The summed E-state index contributed by atoms with van der Waals surface area (Å²) in [5.41, 5.74) is 3.53. The zero-order valence-corrected chi connectivity index (χ0v) is 13.6. The average molecular weight is 291 g/mol. The van der Waals surface area contributed by atoms with Crippen LogP contribution < -0.4 is 5.32 Å². The predicted octanol–water partition coefficient (Wildman–Crippen LogP) is 3.67. The van der Waals surface area contributed by atoms with E-state index in [2.05, 4.69) is 44.3 Å². The Kier molecular flexibility index (Phi) is 6.07. The van der Waals surface area contributed by atoms with Crippen molar-refractivity contribution in [3.05, 3.63) is 29.3 Å². The molecule has 21 heavy (non-hydrogen) atoms. The Morgan fingerprint density at radius 2 is 2.14 bits per heavy atom. The van der Waals surface area contributed by atoms with E-state index in [-0.39, 0.29) is 0 Å². The minimum absolute atomic E-state index is 0.337. The Morgan fingerprint density at radius 3 is 2.90 bits per heavy atom. The zero-order chi connectivity index (χ0) is 15.2. The van der Waals surface area contributed by atoms with Crippen LogP contribution in [0.1, 0.15) is 43.7 Å². The summed E-state index contributed by atoms with van der Waals surface area (Å²) < 4.78 is 5.87. The first-order valence-corrected chi connectivity index (χ1v) is 8.15. The highest BCUT2D eigenvalue weighted by molar-refractivity contribution is 5.52. The van der Waals surface area contributed by atoms with Gasteiger partial charge in [-0.1, -0.05) is 31.9 Å². The molecule has 3 unspecified atom stereocenters. The molecule has 1 aliphatic carbocycles. The van der Waals surface area contributed by atoms with Gasteiger partial charge in [0.25, 0.3) is 0 Å². The Bertz CT molecular complexity index is 447. The van der Waals surface area contributed by atoms with Crippen molar-refractivity contribution in [1.82, 2.24) is 0 Å². The van der Waals surface area contributed by atoms with Gasteiger partial charge in [-0.2, -0.15) is 0 Å². The molecule has 0 saturated heterocycles. The van der Waals surface area contributed by atoms with Crippen LogP contribution in [0.3, 0.4) is 0 Å². The summed E-state index contributed by atoms with van der Waals surface area (Å²) in [6.07, 6.45) is 4.73. The monoisotopic (exact) mass is 291 g/mol. The van der Waals surface area contributed by atoms with Crippen molar-refractivity contribution >= 4 is 5.69 Å². The van der Waals surface area contributed by atoms with Crippen LogP contribution in [0.25, 0.3) is 0 Å². The number of aliphatic hydroxyl groups excluding tert-OH is 1. The standard InChI is InChI=1S/C18H29NO2/c1-13-5-4-6-17(9-13)21-12-16(20)11-19-18-10-14(2)7-8-15(18)3/h7-8,10,13,16-17,19-20H,4-6,9,11-12H2,1-3H3. The Labute approximate surface area is 128 Å². The van der Waals surface area contributed by atoms with Gasteiger partial charge in [-0.25, -0.2) is 0 Å². The number of nitrogens with one attached hydrogen (secondary N) is 1. The molecule has 3 nitrogen and oxygen atoms in total. The summed E-state index contributed by atoms with van der Waals surface area (Å²) in [5, 5.41) is 13.4. The van der Waals surface area contributed by atoms with E-state index in [0.717, 1.165) is 24.4 Å². The maximum atomic E-state index is 10.1. The van der Waals surface area contributed by atoms with Gasteiger partial charge in [0.1, 0.15) is 0 Å². The van der Waals surface area contributed by atoms with Gasteiger partial charge in [0.15, 0.2) is 0 Å². The van der Waals surface area contributed by atoms with Crippen molar-refractivity contribution in [3.63, 3.8) is 0 Å². The van der Waals surface area contributed by atoms with Crippen LogP contribution in [0.2, 0.25) is 0 Å². The molecule has 0 bridgehead atoms. The van der Waals surface area contributed by atoms with Gasteiger partial charge < -0.3 is 15.2 Å². The lowest BCUT2D eigenvalue weighted by Gasteiger charge is -2.27. The molecule has 3 atom stereocenters. The molecule has 2 rings (SSSR count). The molecule has 1 saturated carbocycles. The molecule has 118 valence electrons. The quantitative estimate of drug-likeness (QED) is 0.840. The third kappa shape index (κ3) is 5.33. The molecular formula is C18H29NO2. The molecule has 1 fully saturated rings. The second kappa shape index (κ2) is 7.81.